The lowest BCUT2D eigenvalue weighted by molar-refractivity contribution is -0.118. The highest BCUT2D eigenvalue weighted by Gasteiger charge is 2.12. The highest BCUT2D eigenvalue weighted by molar-refractivity contribution is 5.96. The Hall–Kier alpha value is -3.61. The SMILES string of the molecule is CCc1cc(=O)oc2cc(OCC(=O)Nc3cc(C(=O)OC)ccc3C)ccc12. The number of hydrogen-bond donors (Lipinski definition) is 1. The molecule has 0 saturated heterocycles. The zero-order chi connectivity index (χ0) is 21.0. The molecule has 0 aliphatic carbocycles. The third kappa shape index (κ3) is 4.63. The lowest BCUT2D eigenvalue weighted by Gasteiger charge is -2.11. The van der Waals surface area contributed by atoms with Gasteiger partial charge in [0.25, 0.3) is 5.91 Å². The molecule has 150 valence electrons. The summed E-state index contributed by atoms with van der Waals surface area (Å²) in [7, 11) is 1.30. The van der Waals surface area contributed by atoms with Crippen molar-refractivity contribution in [2.75, 3.05) is 19.0 Å². The molecule has 1 N–H and O–H groups in total. The number of carbonyl (C=O) groups is 2. The predicted octanol–water partition coefficient (Wildman–Crippen LogP) is 3.47. The van der Waals surface area contributed by atoms with Gasteiger partial charge in [0, 0.05) is 23.2 Å². The van der Waals surface area contributed by atoms with Gasteiger partial charge in [-0.1, -0.05) is 13.0 Å². The van der Waals surface area contributed by atoms with E-state index in [1.165, 1.54) is 13.2 Å². The molecule has 3 rings (SSSR count). The van der Waals surface area contributed by atoms with Gasteiger partial charge in [-0.2, -0.15) is 0 Å². The molecule has 2 aromatic carbocycles. The Kier molecular flexibility index (Phi) is 5.97. The molecule has 0 atom stereocenters. The number of hydrogen-bond acceptors (Lipinski definition) is 6. The maximum Gasteiger partial charge on any atom is 0.337 e. The Balaban J connectivity index is 1.71. The average Bonchev–Trinajstić information content (AvgIpc) is 2.72. The number of amides is 1. The smallest absolute Gasteiger partial charge is 0.337 e. The van der Waals surface area contributed by atoms with Crippen molar-refractivity contribution in [3.05, 3.63) is 69.6 Å². The van der Waals surface area contributed by atoms with Crippen LogP contribution in [0.2, 0.25) is 0 Å². The van der Waals surface area contributed by atoms with Crippen LogP contribution in [0.25, 0.3) is 11.0 Å². The third-order valence-electron chi connectivity index (χ3n) is 4.49. The molecule has 0 radical (unpaired) electrons. The van der Waals surface area contributed by atoms with Crippen LogP contribution < -0.4 is 15.7 Å². The first-order valence-corrected chi connectivity index (χ1v) is 9.09. The van der Waals surface area contributed by atoms with Gasteiger partial charge in [-0.05, 0) is 48.7 Å². The standard InChI is InChI=1S/C22H21NO6/c1-4-14-10-21(25)29-19-11-16(7-8-17(14)19)28-12-20(24)23-18-9-15(22(26)27-3)6-5-13(18)2/h5-11H,4,12H2,1-3H3,(H,23,24). The maximum absolute atomic E-state index is 12.3. The van der Waals surface area contributed by atoms with Crippen LogP contribution >= 0.6 is 0 Å². The van der Waals surface area contributed by atoms with Gasteiger partial charge in [0.2, 0.25) is 0 Å². The van der Waals surface area contributed by atoms with E-state index in [4.69, 9.17) is 13.9 Å². The average molecular weight is 395 g/mol. The first-order valence-electron chi connectivity index (χ1n) is 9.09. The minimum absolute atomic E-state index is 0.245. The molecule has 3 aromatic rings. The van der Waals surface area contributed by atoms with Crippen LogP contribution in [-0.2, 0) is 16.0 Å². The van der Waals surface area contributed by atoms with Gasteiger partial charge in [-0.15, -0.1) is 0 Å². The number of esters is 1. The number of rotatable bonds is 6. The zero-order valence-electron chi connectivity index (χ0n) is 16.4. The normalized spacial score (nSPS) is 10.6. The van der Waals surface area contributed by atoms with E-state index in [-0.39, 0.29) is 12.5 Å². The number of anilines is 1. The van der Waals surface area contributed by atoms with E-state index in [2.05, 4.69) is 5.32 Å². The second-order valence-electron chi connectivity index (χ2n) is 6.46. The number of benzene rings is 2. The molecule has 1 aromatic heterocycles. The van der Waals surface area contributed by atoms with Gasteiger partial charge in [-0.3, -0.25) is 4.79 Å². The van der Waals surface area contributed by atoms with Crippen LogP contribution in [0, 0.1) is 6.92 Å². The molecule has 1 amide bonds. The Morgan fingerprint density at radius 1 is 1.10 bits per heavy atom. The van der Waals surface area contributed by atoms with Crippen molar-refractivity contribution in [1.29, 1.82) is 0 Å². The van der Waals surface area contributed by atoms with Crippen LogP contribution in [0.5, 0.6) is 5.75 Å². The van der Waals surface area contributed by atoms with Gasteiger partial charge in [0.15, 0.2) is 6.61 Å². The van der Waals surface area contributed by atoms with Crippen LogP contribution in [0.3, 0.4) is 0 Å². The molecule has 29 heavy (non-hydrogen) atoms. The number of methoxy groups -OCH3 is 1. The fourth-order valence-electron chi connectivity index (χ4n) is 2.93. The van der Waals surface area contributed by atoms with Crippen molar-refractivity contribution in [2.45, 2.75) is 20.3 Å². The van der Waals surface area contributed by atoms with E-state index in [0.29, 0.717) is 29.0 Å². The lowest BCUT2D eigenvalue weighted by atomic mass is 10.1. The molecule has 0 spiro atoms. The monoisotopic (exact) mass is 395 g/mol. The van der Waals surface area contributed by atoms with Gasteiger partial charge in [0.05, 0.1) is 12.7 Å². The lowest BCUT2D eigenvalue weighted by Crippen LogP contribution is -2.21. The predicted molar refractivity (Wildman–Crippen MR) is 109 cm³/mol. The minimum atomic E-state index is -0.485. The molecule has 0 unspecified atom stereocenters. The zero-order valence-corrected chi connectivity index (χ0v) is 16.4. The van der Waals surface area contributed by atoms with Crippen molar-refractivity contribution in [3.8, 4) is 5.75 Å². The van der Waals surface area contributed by atoms with Gasteiger partial charge < -0.3 is 19.2 Å². The second-order valence-corrected chi connectivity index (χ2v) is 6.46. The molecular formula is C22H21NO6. The minimum Gasteiger partial charge on any atom is -0.484 e. The molecule has 0 fully saturated rings. The fourth-order valence-corrected chi connectivity index (χ4v) is 2.93. The Morgan fingerprint density at radius 2 is 1.90 bits per heavy atom. The van der Waals surface area contributed by atoms with Gasteiger partial charge >= 0.3 is 11.6 Å². The van der Waals surface area contributed by atoms with Gasteiger partial charge in [0.1, 0.15) is 11.3 Å². The second kappa shape index (κ2) is 8.60. The molecule has 7 nitrogen and oxygen atoms in total. The summed E-state index contributed by atoms with van der Waals surface area (Å²) >= 11 is 0. The van der Waals surface area contributed by atoms with Crippen LogP contribution in [-0.4, -0.2) is 25.6 Å². The number of nitrogens with one attached hydrogen (secondary N) is 1. The van der Waals surface area contributed by atoms with E-state index in [1.54, 1.807) is 36.4 Å². The van der Waals surface area contributed by atoms with E-state index in [0.717, 1.165) is 16.5 Å². The van der Waals surface area contributed by atoms with Crippen molar-refractivity contribution in [2.24, 2.45) is 0 Å². The van der Waals surface area contributed by atoms with E-state index in [1.807, 2.05) is 13.8 Å². The molecule has 7 heteroatoms. The van der Waals surface area contributed by atoms with Crippen LogP contribution in [0.4, 0.5) is 5.69 Å². The number of carbonyl (C=O) groups excluding carboxylic acids is 2. The molecular weight excluding hydrogens is 374 g/mol. The number of ether oxygens (including phenoxy) is 2. The van der Waals surface area contributed by atoms with E-state index < -0.39 is 11.6 Å². The van der Waals surface area contributed by atoms with Crippen molar-refractivity contribution < 1.29 is 23.5 Å². The summed E-state index contributed by atoms with van der Waals surface area (Å²) in [5.41, 5.74) is 2.51. The van der Waals surface area contributed by atoms with Gasteiger partial charge in [-0.25, -0.2) is 9.59 Å². The highest BCUT2D eigenvalue weighted by atomic mass is 16.5. The quantitative estimate of drug-likeness (QED) is 0.507. The van der Waals surface area contributed by atoms with Crippen LogP contribution in [0.1, 0.15) is 28.4 Å². The summed E-state index contributed by atoms with van der Waals surface area (Å²) in [6.45, 7) is 3.53. The molecule has 0 aliphatic heterocycles. The number of aryl methyl sites for hydroxylation is 2. The summed E-state index contributed by atoms with van der Waals surface area (Å²) in [6, 6.07) is 11.5. The topological polar surface area (TPSA) is 94.8 Å². The Bertz CT molecular complexity index is 1130. The van der Waals surface area contributed by atoms with Crippen molar-refractivity contribution >= 4 is 28.5 Å². The summed E-state index contributed by atoms with van der Waals surface area (Å²) in [5.74, 6) is -0.469. The first-order chi connectivity index (χ1) is 13.9. The molecule has 0 aliphatic rings. The summed E-state index contributed by atoms with van der Waals surface area (Å²) in [4.78, 5) is 35.6. The summed E-state index contributed by atoms with van der Waals surface area (Å²) in [6.07, 6.45) is 0.703. The van der Waals surface area contributed by atoms with Crippen molar-refractivity contribution in [1.82, 2.24) is 0 Å². The molecule has 0 bridgehead atoms. The Morgan fingerprint density at radius 3 is 2.62 bits per heavy atom. The molecule has 0 saturated carbocycles. The summed E-state index contributed by atoms with van der Waals surface area (Å²) < 4.78 is 15.5. The molecule has 1 heterocycles. The van der Waals surface area contributed by atoms with E-state index in [9.17, 15) is 14.4 Å². The maximum atomic E-state index is 12.3. The number of fused-ring (bicyclic) bond motifs is 1. The van der Waals surface area contributed by atoms with Crippen molar-refractivity contribution in [3.63, 3.8) is 0 Å². The van der Waals surface area contributed by atoms with Crippen LogP contribution in [0.15, 0.2) is 51.7 Å². The highest BCUT2D eigenvalue weighted by Crippen LogP contribution is 2.23. The third-order valence-corrected chi connectivity index (χ3v) is 4.49. The first kappa shape index (κ1) is 20.1. The Labute approximate surface area is 167 Å². The fraction of sp³-hybridized carbons (Fsp3) is 0.227. The largest absolute Gasteiger partial charge is 0.484 e. The van der Waals surface area contributed by atoms with E-state index >= 15 is 0 Å². The summed E-state index contributed by atoms with van der Waals surface area (Å²) in [5, 5.41) is 3.55.